The summed E-state index contributed by atoms with van der Waals surface area (Å²) >= 11 is 0. The van der Waals surface area contributed by atoms with Crippen LogP contribution in [0.4, 0.5) is 5.69 Å². The molecule has 2 saturated heterocycles. The standard InChI is InChI=1S/C20H26N6O2/c27-19-8-1-2-10-26(19)17-7-3-5-15(11-17)12-22-20(28)18-14-25(24-23-18)13-16-6-4-9-21-16/h3,5,7,11,14,16,21H,1-2,4,6,8-10,12-13H2,(H,22,28)/t16-/m0/s1. The van der Waals surface area contributed by atoms with Crippen LogP contribution in [0.2, 0.25) is 0 Å². The minimum absolute atomic E-state index is 0.167. The number of carbonyl (C=O) groups excluding carboxylic acids is 2. The summed E-state index contributed by atoms with van der Waals surface area (Å²) in [5.41, 5.74) is 2.17. The summed E-state index contributed by atoms with van der Waals surface area (Å²) in [6, 6.07) is 8.17. The molecule has 2 amide bonds. The summed E-state index contributed by atoms with van der Waals surface area (Å²) in [6.07, 6.45) is 6.58. The Hall–Kier alpha value is -2.74. The number of carbonyl (C=O) groups is 2. The molecule has 2 aliphatic heterocycles. The van der Waals surface area contributed by atoms with Crippen LogP contribution in [0.3, 0.4) is 0 Å². The van der Waals surface area contributed by atoms with Crippen LogP contribution < -0.4 is 15.5 Å². The van der Waals surface area contributed by atoms with Crippen molar-refractivity contribution >= 4 is 17.5 Å². The number of benzene rings is 1. The van der Waals surface area contributed by atoms with Gasteiger partial charge in [-0.2, -0.15) is 0 Å². The van der Waals surface area contributed by atoms with Gasteiger partial charge in [-0.3, -0.25) is 14.3 Å². The molecule has 0 radical (unpaired) electrons. The second kappa shape index (κ2) is 8.52. The van der Waals surface area contributed by atoms with Crippen molar-refractivity contribution in [3.63, 3.8) is 0 Å². The van der Waals surface area contributed by atoms with E-state index in [0.29, 0.717) is 24.7 Å². The Morgan fingerprint density at radius 3 is 3.04 bits per heavy atom. The van der Waals surface area contributed by atoms with Crippen LogP contribution in [0.25, 0.3) is 0 Å². The number of rotatable bonds is 6. The molecule has 28 heavy (non-hydrogen) atoms. The molecular weight excluding hydrogens is 356 g/mol. The van der Waals surface area contributed by atoms with Crippen LogP contribution in [0.1, 0.15) is 48.2 Å². The summed E-state index contributed by atoms with van der Waals surface area (Å²) in [5.74, 6) is -0.0779. The molecule has 1 aromatic heterocycles. The number of aromatic nitrogens is 3. The van der Waals surface area contributed by atoms with E-state index in [0.717, 1.165) is 50.1 Å². The summed E-state index contributed by atoms with van der Waals surface area (Å²) in [4.78, 5) is 26.3. The van der Waals surface area contributed by atoms with E-state index in [-0.39, 0.29) is 11.8 Å². The van der Waals surface area contributed by atoms with E-state index in [1.165, 1.54) is 6.42 Å². The van der Waals surface area contributed by atoms with Crippen LogP contribution >= 0.6 is 0 Å². The van der Waals surface area contributed by atoms with E-state index in [1.807, 2.05) is 29.2 Å². The fourth-order valence-electron chi connectivity index (χ4n) is 3.82. The van der Waals surface area contributed by atoms with E-state index in [2.05, 4.69) is 20.9 Å². The van der Waals surface area contributed by atoms with Crippen molar-refractivity contribution in [1.29, 1.82) is 0 Å². The van der Waals surface area contributed by atoms with E-state index in [9.17, 15) is 9.59 Å². The number of amides is 2. The zero-order valence-electron chi connectivity index (χ0n) is 15.9. The van der Waals surface area contributed by atoms with Gasteiger partial charge in [0.15, 0.2) is 5.69 Å². The van der Waals surface area contributed by atoms with Gasteiger partial charge in [0.05, 0.1) is 12.7 Å². The molecule has 2 N–H and O–H groups in total. The first-order valence-electron chi connectivity index (χ1n) is 10.00. The molecule has 0 bridgehead atoms. The van der Waals surface area contributed by atoms with Gasteiger partial charge in [0, 0.05) is 31.2 Å². The van der Waals surface area contributed by atoms with E-state index < -0.39 is 0 Å². The Labute approximate surface area is 164 Å². The van der Waals surface area contributed by atoms with Gasteiger partial charge < -0.3 is 15.5 Å². The molecule has 0 saturated carbocycles. The Bertz CT molecular complexity index is 843. The van der Waals surface area contributed by atoms with Crippen LogP contribution in [-0.4, -0.2) is 45.9 Å². The Morgan fingerprint density at radius 1 is 1.29 bits per heavy atom. The van der Waals surface area contributed by atoms with Gasteiger partial charge >= 0.3 is 0 Å². The highest BCUT2D eigenvalue weighted by Crippen LogP contribution is 2.22. The van der Waals surface area contributed by atoms with Crippen LogP contribution in [-0.2, 0) is 17.9 Å². The topological polar surface area (TPSA) is 92.2 Å². The third-order valence-corrected chi connectivity index (χ3v) is 5.34. The number of piperidine rings is 1. The SMILES string of the molecule is O=C(NCc1cccc(N2CCCCC2=O)c1)c1cn(C[C@@H]2CCCN2)nn1. The number of nitrogens with one attached hydrogen (secondary N) is 2. The predicted molar refractivity (Wildman–Crippen MR) is 105 cm³/mol. The molecule has 2 fully saturated rings. The first-order chi connectivity index (χ1) is 13.7. The minimum atomic E-state index is -0.245. The van der Waals surface area contributed by atoms with Gasteiger partial charge in [-0.1, -0.05) is 17.3 Å². The maximum atomic E-state index is 12.4. The quantitative estimate of drug-likeness (QED) is 0.789. The minimum Gasteiger partial charge on any atom is -0.347 e. The predicted octanol–water partition coefficient (Wildman–Crippen LogP) is 1.48. The summed E-state index contributed by atoms with van der Waals surface area (Å²) in [5, 5.41) is 14.4. The maximum Gasteiger partial charge on any atom is 0.273 e. The zero-order valence-corrected chi connectivity index (χ0v) is 15.9. The van der Waals surface area contributed by atoms with Crippen molar-refractivity contribution in [2.45, 2.75) is 51.2 Å². The normalized spacial score (nSPS) is 19.8. The van der Waals surface area contributed by atoms with Crippen LogP contribution in [0.5, 0.6) is 0 Å². The van der Waals surface area contributed by atoms with E-state index in [1.54, 1.807) is 10.9 Å². The van der Waals surface area contributed by atoms with Gasteiger partial charge in [0.1, 0.15) is 0 Å². The molecule has 2 aliphatic rings. The molecule has 0 aliphatic carbocycles. The third kappa shape index (κ3) is 4.39. The molecule has 148 valence electrons. The lowest BCUT2D eigenvalue weighted by Crippen LogP contribution is -2.35. The number of nitrogens with zero attached hydrogens (tertiary/aromatic N) is 4. The third-order valence-electron chi connectivity index (χ3n) is 5.34. The second-order valence-electron chi connectivity index (χ2n) is 7.47. The second-order valence-corrected chi connectivity index (χ2v) is 7.47. The molecule has 1 aromatic carbocycles. The number of hydrogen-bond acceptors (Lipinski definition) is 5. The first kappa shape index (κ1) is 18.6. The molecule has 1 atom stereocenters. The highest BCUT2D eigenvalue weighted by molar-refractivity contribution is 5.94. The summed E-state index contributed by atoms with van der Waals surface area (Å²) in [7, 11) is 0. The van der Waals surface area contributed by atoms with Crippen molar-refractivity contribution in [2.75, 3.05) is 18.0 Å². The van der Waals surface area contributed by atoms with E-state index >= 15 is 0 Å². The summed E-state index contributed by atoms with van der Waals surface area (Å²) < 4.78 is 1.72. The van der Waals surface area contributed by atoms with Gasteiger partial charge in [-0.15, -0.1) is 5.10 Å². The Morgan fingerprint density at radius 2 is 2.21 bits per heavy atom. The lowest BCUT2D eigenvalue weighted by Gasteiger charge is -2.27. The largest absolute Gasteiger partial charge is 0.347 e. The maximum absolute atomic E-state index is 12.4. The first-order valence-corrected chi connectivity index (χ1v) is 10.00. The highest BCUT2D eigenvalue weighted by Gasteiger charge is 2.20. The fourth-order valence-corrected chi connectivity index (χ4v) is 3.82. The smallest absolute Gasteiger partial charge is 0.273 e. The molecule has 0 unspecified atom stereocenters. The molecular formula is C20H26N6O2. The van der Waals surface area contributed by atoms with Gasteiger partial charge in [-0.05, 0) is 49.9 Å². The van der Waals surface area contributed by atoms with Gasteiger partial charge in [0.2, 0.25) is 5.91 Å². The molecule has 2 aromatic rings. The Kier molecular flexibility index (Phi) is 5.66. The lowest BCUT2D eigenvalue weighted by atomic mass is 10.1. The Balaban J connectivity index is 1.34. The lowest BCUT2D eigenvalue weighted by molar-refractivity contribution is -0.119. The fraction of sp³-hybridized carbons (Fsp3) is 0.500. The van der Waals surface area contributed by atoms with Gasteiger partial charge in [0.25, 0.3) is 5.91 Å². The summed E-state index contributed by atoms with van der Waals surface area (Å²) in [6.45, 7) is 2.90. The molecule has 8 nitrogen and oxygen atoms in total. The number of anilines is 1. The van der Waals surface area contributed by atoms with Crippen molar-refractivity contribution in [3.05, 3.63) is 41.7 Å². The molecule has 3 heterocycles. The van der Waals surface area contributed by atoms with Crippen molar-refractivity contribution in [3.8, 4) is 0 Å². The van der Waals surface area contributed by atoms with Crippen LogP contribution in [0.15, 0.2) is 30.5 Å². The number of hydrogen-bond donors (Lipinski definition) is 2. The molecule has 0 spiro atoms. The highest BCUT2D eigenvalue weighted by atomic mass is 16.2. The van der Waals surface area contributed by atoms with Crippen molar-refractivity contribution in [1.82, 2.24) is 25.6 Å². The zero-order chi connectivity index (χ0) is 19.3. The van der Waals surface area contributed by atoms with Gasteiger partial charge in [-0.25, -0.2) is 0 Å². The monoisotopic (exact) mass is 382 g/mol. The van der Waals surface area contributed by atoms with Crippen molar-refractivity contribution < 1.29 is 9.59 Å². The van der Waals surface area contributed by atoms with Crippen molar-refractivity contribution in [2.24, 2.45) is 0 Å². The average Bonchev–Trinajstić information content (AvgIpc) is 3.39. The average molecular weight is 382 g/mol. The van der Waals surface area contributed by atoms with Crippen LogP contribution in [0, 0.1) is 0 Å². The molecule has 8 heteroatoms. The molecule has 4 rings (SSSR count). The van der Waals surface area contributed by atoms with E-state index in [4.69, 9.17) is 0 Å².